The van der Waals surface area contributed by atoms with E-state index in [1.165, 1.54) is 24.3 Å². The Labute approximate surface area is 194 Å². The summed E-state index contributed by atoms with van der Waals surface area (Å²) in [5.41, 5.74) is 0.862. The molecule has 0 saturated carbocycles. The molecule has 1 N–H and O–H groups in total. The molecule has 2 amide bonds. The second-order valence-electron chi connectivity index (χ2n) is 9.16. The molecule has 7 heteroatoms. The Balaban J connectivity index is 1.24. The van der Waals surface area contributed by atoms with E-state index in [-0.39, 0.29) is 35.4 Å². The number of piperidine rings is 1. The Morgan fingerprint density at radius 1 is 1.06 bits per heavy atom. The normalized spacial score (nSPS) is 19.6. The van der Waals surface area contributed by atoms with Crippen LogP contribution in [0.4, 0.5) is 4.39 Å². The average Bonchev–Trinajstić information content (AvgIpc) is 3.20. The molecule has 2 saturated heterocycles. The van der Waals surface area contributed by atoms with Gasteiger partial charge in [-0.05, 0) is 88.1 Å². The maximum Gasteiger partial charge on any atom is 0.253 e. The fourth-order valence-corrected chi connectivity index (χ4v) is 4.57. The molecule has 0 aliphatic carbocycles. The molecule has 1 spiro atoms. The van der Waals surface area contributed by atoms with Crippen molar-refractivity contribution in [1.29, 1.82) is 0 Å². The number of nitrogens with zero attached hydrogens (tertiary/aromatic N) is 1. The first kappa shape index (κ1) is 23.2. The molecule has 1 unspecified atom stereocenters. The molecule has 2 heterocycles. The van der Waals surface area contributed by atoms with Gasteiger partial charge in [0.05, 0.1) is 17.8 Å². The second kappa shape index (κ2) is 9.91. The van der Waals surface area contributed by atoms with E-state index < -0.39 is 0 Å². The van der Waals surface area contributed by atoms with Gasteiger partial charge in [-0.15, -0.1) is 0 Å². The SMILES string of the molecule is CC(C)Oc1ccc(C(=O)NCC2CCC3(CCN(C(=O)c4ccc(F)cc4)CC3)O2)cc1. The molecule has 1 atom stereocenters. The van der Waals surface area contributed by atoms with Gasteiger partial charge in [0.25, 0.3) is 11.8 Å². The quantitative estimate of drug-likeness (QED) is 0.711. The summed E-state index contributed by atoms with van der Waals surface area (Å²) in [4.78, 5) is 27.0. The van der Waals surface area contributed by atoms with Crippen molar-refractivity contribution in [3.63, 3.8) is 0 Å². The van der Waals surface area contributed by atoms with Crippen LogP contribution >= 0.6 is 0 Å². The summed E-state index contributed by atoms with van der Waals surface area (Å²) >= 11 is 0. The van der Waals surface area contributed by atoms with Crippen LogP contribution < -0.4 is 10.1 Å². The van der Waals surface area contributed by atoms with Crippen molar-refractivity contribution in [2.24, 2.45) is 0 Å². The van der Waals surface area contributed by atoms with Crippen molar-refractivity contribution >= 4 is 11.8 Å². The molecule has 0 bridgehead atoms. The number of rotatable bonds is 6. The van der Waals surface area contributed by atoms with Crippen molar-refractivity contribution in [2.75, 3.05) is 19.6 Å². The number of carbonyl (C=O) groups excluding carboxylic acids is 2. The standard InChI is InChI=1S/C26H31FN2O4/c1-18(2)32-22-9-5-19(6-10-22)24(30)28-17-23-11-12-26(33-23)13-15-29(16-14-26)25(31)20-3-7-21(27)8-4-20/h3-10,18,23H,11-17H2,1-2H3,(H,28,30). The summed E-state index contributed by atoms with van der Waals surface area (Å²) in [6.07, 6.45) is 3.39. The van der Waals surface area contributed by atoms with Crippen LogP contribution in [0.5, 0.6) is 5.75 Å². The molecule has 2 aromatic carbocycles. The number of halogens is 1. The van der Waals surface area contributed by atoms with E-state index in [2.05, 4.69) is 5.32 Å². The van der Waals surface area contributed by atoms with Crippen molar-refractivity contribution in [1.82, 2.24) is 10.2 Å². The third-order valence-corrected chi connectivity index (χ3v) is 6.37. The Morgan fingerprint density at radius 2 is 1.70 bits per heavy atom. The molecule has 2 aliphatic rings. The van der Waals surface area contributed by atoms with Crippen molar-refractivity contribution in [3.8, 4) is 5.75 Å². The molecule has 2 fully saturated rings. The van der Waals surface area contributed by atoms with E-state index in [4.69, 9.17) is 9.47 Å². The van der Waals surface area contributed by atoms with Crippen LogP contribution in [0, 0.1) is 5.82 Å². The summed E-state index contributed by atoms with van der Waals surface area (Å²) in [6.45, 7) is 5.60. The van der Waals surface area contributed by atoms with E-state index in [0.29, 0.717) is 30.8 Å². The lowest BCUT2D eigenvalue weighted by Gasteiger charge is -2.39. The monoisotopic (exact) mass is 454 g/mol. The van der Waals surface area contributed by atoms with Gasteiger partial charge in [0.2, 0.25) is 0 Å². The number of benzene rings is 2. The molecule has 0 radical (unpaired) electrons. The van der Waals surface area contributed by atoms with Crippen LogP contribution in [0.3, 0.4) is 0 Å². The number of carbonyl (C=O) groups is 2. The van der Waals surface area contributed by atoms with Gasteiger partial charge in [-0.25, -0.2) is 4.39 Å². The van der Waals surface area contributed by atoms with Crippen molar-refractivity contribution in [3.05, 3.63) is 65.5 Å². The fourth-order valence-electron chi connectivity index (χ4n) is 4.57. The summed E-state index contributed by atoms with van der Waals surface area (Å²) in [7, 11) is 0. The van der Waals surface area contributed by atoms with Crippen LogP contribution in [0.15, 0.2) is 48.5 Å². The summed E-state index contributed by atoms with van der Waals surface area (Å²) in [5.74, 6) is 0.192. The smallest absolute Gasteiger partial charge is 0.253 e. The first-order valence-electron chi connectivity index (χ1n) is 11.6. The first-order chi connectivity index (χ1) is 15.8. The van der Waals surface area contributed by atoms with Crippen LogP contribution in [-0.4, -0.2) is 54.2 Å². The Bertz CT molecular complexity index is 967. The molecule has 4 rings (SSSR count). The Kier molecular flexibility index (Phi) is 6.98. The lowest BCUT2D eigenvalue weighted by molar-refractivity contribution is -0.0712. The van der Waals surface area contributed by atoms with E-state index >= 15 is 0 Å². The number of ether oxygens (including phenoxy) is 2. The minimum Gasteiger partial charge on any atom is -0.491 e. The van der Waals surface area contributed by atoms with Crippen LogP contribution in [0.1, 0.15) is 60.2 Å². The highest BCUT2D eigenvalue weighted by Gasteiger charge is 2.43. The second-order valence-corrected chi connectivity index (χ2v) is 9.16. The van der Waals surface area contributed by atoms with E-state index in [1.807, 2.05) is 18.7 Å². The lowest BCUT2D eigenvalue weighted by atomic mass is 9.88. The zero-order valence-electron chi connectivity index (χ0n) is 19.2. The molecule has 176 valence electrons. The Morgan fingerprint density at radius 3 is 2.33 bits per heavy atom. The van der Waals surface area contributed by atoms with E-state index in [9.17, 15) is 14.0 Å². The molecular formula is C26H31FN2O4. The zero-order valence-corrected chi connectivity index (χ0v) is 19.2. The number of hydrogen-bond donors (Lipinski definition) is 1. The summed E-state index contributed by atoms with van der Waals surface area (Å²) < 4.78 is 25.1. The number of hydrogen-bond acceptors (Lipinski definition) is 4. The minimum atomic E-state index is -0.348. The molecular weight excluding hydrogens is 423 g/mol. The van der Waals surface area contributed by atoms with Crippen LogP contribution in [0.25, 0.3) is 0 Å². The molecule has 0 aromatic heterocycles. The first-order valence-corrected chi connectivity index (χ1v) is 11.6. The third kappa shape index (κ3) is 5.71. The minimum absolute atomic E-state index is 0.0307. The van der Waals surface area contributed by atoms with Crippen molar-refractivity contribution < 1.29 is 23.5 Å². The third-order valence-electron chi connectivity index (χ3n) is 6.37. The van der Waals surface area contributed by atoms with Crippen LogP contribution in [-0.2, 0) is 4.74 Å². The molecule has 2 aliphatic heterocycles. The Hall–Kier alpha value is -2.93. The highest BCUT2D eigenvalue weighted by atomic mass is 19.1. The van der Waals surface area contributed by atoms with Gasteiger partial charge in [-0.3, -0.25) is 9.59 Å². The predicted molar refractivity (Wildman–Crippen MR) is 123 cm³/mol. The molecule has 33 heavy (non-hydrogen) atoms. The van der Waals surface area contributed by atoms with Gasteiger partial charge >= 0.3 is 0 Å². The maximum absolute atomic E-state index is 13.1. The van der Waals surface area contributed by atoms with Gasteiger partial charge in [-0.1, -0.05) is 0 Å². The zero-order chi connectivity index (χ0) is 23.4. The van der Waals surface area contributed by atoms with Gasteiger partial charge in [0.1, 0.15) is 11.6 Å². The number of nitrogens with one attached hydrogen (secondary N) is 1. The predicted octanol–water partition coefficient (Wildman–Crippen LogP) is 4.20. The summed E-state index contributed by atoms with van der Waals surface area (Å²) in [5, 5.41) is 2.98. The summed E-state index contributed by atoms with van der Waals surface area (Å²) in [6, 6.07) is 12.8. The number of amides is 2. The highest BCUT2D eigenvalue weighted by molar-refractivity contribution is 5.94. The molecule has 6 nitrogen and oxygen atoms in total. The van der Waals surface area contributed by atoms with Gasteiger partial charge in [0, 0.05) is 30.8 Å². The van der Waals surface area contributed by atoms with Crippen molar-refractivity contribution in [2.45, 2.75) is 57.3 Å². The average molecular weight is 455 g/mol. The number of likely N-dealkylation sites (tertiary alicyclic amines) is 1. The van der Waals surface area contributed by atoms with Gasteiger partial charge < -0.3 is 19.7 Å². The largest absolute Gasteiger partial charge is 0.491 e. The molecule has 2 aromatic rings. The maximum atomic E-state index is 13.1. The highest BCUT2D eigenvalue weighted by Crippen LogP contribution is 2.39. The van der Waals surface area contributed by atoms with E-state index in [1.54, 1.807) is 24.3 Å². The topological polar surface area (TPSA) is 67.9 Å². The fraction of sp³-hybridized carbons (Fsp3) is 0.462. The van der Waals surface area contributed by atoms with Gasteiger partial charge in [0.15, 0.2) is 0 Å². The lowest BCUT2D eigenvalue weighted by Crippen LogP contribution is -2.47. The van der Waals surface area contributed by atoms with Crippen LogP contribution in [0.2, 0.25) is 0 Å². The van der Waals surface area contributed by atoms with Gasteiger partial charge in [-0.2, -0.15) is 0 Å². The van der Waals surface area contributed by atoms with E-state index in [0.717, 1.165) is 31.4 Å².